The molecule has 1 rings (SSSR count). The lowest BCUT2D eigenvalue weighted by Gasteiger charge is -2.28. The Kier molecular flexibility index (Phi) is 3.58. The van der Waals surface area contributed by atoms with Gasteiger partial charge in [-0.15, -0.1) is 0 Å². The van der Waals surface area contributed by atoms with E-state index in [0.29, 0.717) is 0 Å². The monoisotopic (exact) mass is 208 g/mol. The average Bonchev–Trinajstić information content (AvgIpc) is 2.14. The number of anilines is 2. The normalized spacial score (nSPS) is 11.5. The minimum absolute atomic E-state index is 0.818. The molecule has 0 aliphatic carbocycles. The van der Waals surface area contributed by atoms with Gasteiger partial charge in [-0.3, -0.25) is 0 Å². The van der Waals surface area contributed by atoms with Crippen LogP contribution in [0.4, 0.5) is 11.4 Å². The van der Waals surface area contributed by atoms with Crippen molar-refractivity contribution in [3.05, 3.63) is 24.3 Å². The summed E-state index contributed by atoms with van der Waals surface area (Å²) in [6.45, 7) is 2.17. The Balaban J connectivity index is 2.54. The minimum Gasteiger partial charge on any atom is -0.399 e. The molecule has 0 aliphatic heterocycles. The van der Waals surface area contributed by atoms with E-state index in [1.54, 1.807) is 0 Å². The molecule has 0 fully saturated rings. The Labute approximate surface area is 92.7 Å². The average molecular weight is 208 g/mol. The second kappa shape index (κ2) is 4.53. The SMILES string of the molecule is CN(CC[N+](C)(C)C)c1ccc(N)cc1. The lowest BCUT2D eigenvalue weighted by Crippen LogP contribution is -2.41. The van der Waals surface area contributed by atoms with Gasteiger partial charge in [0, 0.05) is 18.4 Å². The summed E-state index contributed by atoms with van der Waals surface area (Å²) in [5, 5.41) is 0. The van der Waals surface area contributed by atoms with Crippen molar-refractivity contribution in [3.63, 3.8) is 0 Å². The molecule has 0 heterocycles. The molecule has 0 amide bonds. The number of rotatable bonds is 4. The minimum atomic E-state index is 0.818. The molecule has 0 radical (unpaired) electrons. The summed E-state index contributed by atoms with van der Waals surface area (Å²) in [5.41, 5.74) is 7.69. The number of nitrogen functional groups attached to an aromatic ring is 1. The molecule has 3 heteroatoms. The standard InChI is InChI=1S/C12H22N3/c1-14(9-10-15(2,3)4)12-7-5-11(13)6-8-12/h5-8H,9-10,13H2,1-4H3/q+1. The molecule has 2 N–H and O–H groups in total. The summed E-state index contributed by atoms with van der Waals surface area (Å²) in [6.07, 6.45) is 0. The van der Waals surface area contributed by atoms with Crippen LogP contribution >= 0.6 is 0 Å². The number of benzene rings is 1. The summed E-state index contributed by atoms with van der Waals surface area (Å²) < 4.78 is 0.985. The number of hydrogen-bond donors (Lipinski definition) is 1. The van der Waals surface area contributed by atoms with Gasteiger partial charge in [-0.25, -0.2) is 0 Å². The van der Waals surface area contributed by atoms with Gasteiger partial charge < -0.3 is 15.1 Å². The predicted octanol–water partition coefficient (Wildman–Crippen LogP) is 1.41. The van der Waals surface area contributed by atoms with Crippen LogP contribution in [-0.2, 0) is 0 Å². The predicted molar refractivity (Wildman–Crippen MR) is 67.0 cm³/mol. The van der Waals surface area contributed by atoms with E-state index in [9.17, 15) is 0 Å². The molecular weight excluding hydrogens is 186 g/mol. The summed E-state index contributed by atoms with van der Waals surface area (Å²) >= 11 is 0. The molecule has 0 saturated carbocycles. The fourth-order valence-electron chi connectivity index (χ4n) is 1.31. The quantitative estimate of drug-likeness (QED) is 0.599. The molecule has 1 aromatic carbocycles. The smallest absolute Gasteiger partial charge is 0.0958 e. The highest BCUT2D eigenvalue weighted by Gasteiger charge is 2.08. The molecule has 0 unspecified atom stereocenters. The zero-order chi connectivity index (χ0) is 11.5. The maximum atomic E-state index is 5.65. The first kappa shape index (κ1) is 11.9. The van der Waals surface area contributed by atoms with Crippen molar-refractivity contribution in [2.24, 2.45) is 0 Å². The third kappa shape index (κ3) is 4.21. The Morgan fingerprint density at radius 2 is 1.67 bits per heavy atom. The summed E-state index contributed by atoms with van der Waals surface area (Å²) in [7, 11) is 8.73. The number of hydrogen-bond acceptors (Lipinski definition) is 2. The zero-order valence-corrected chi connectivity index (χ0v) is 10.2. The number of nitrogens with zero attached hydrogens (tertiary/aromatic N) is 2. The summed E-state index contributed by atoms with van der Waals surface area (Å²) in [6, 6.07) is 8.01. The van der Waals surface area contributed by atoms with Crippen LogP contribution in [0.1, 0.15) is 0 Å². The summed E-state index contributed by atoms with van der Waals surface area (Å²) in [5.74, 6) is 0. The van der Waals surface area contributed by atoms with Crippen LogP contribution in [0.3, 0.4) is 0 Å². The van der Waals surface area contributed by atoms with Gasteiger partial charge in [-0.1, -0.05) is 0 Å². The van der Waals surface area contributed by atoms with Crippen molar-refractivity contribution >= 4 is 11.4 Å². The molecule has 0 aliphatic rings. The molecule has 0 spiro atoms. The van der Waals surface area contributed by atoms with Gasteiger partial charge >= 0.3 is 0 Å². The Hall–Kier alpha value is -1.22. The molecule has 0 aromatic heterocycles. The highest BCUT2D eigenvalue weighted by Crippen LogP contribution is 2.14. The molecule has 84 valence electrons. The van der Waals surface area contributed by atoms with E-state index in [4.69, 9.17) is 5.73 Å². The highest BCUT2D eigenvalue weighted by atomic mass is 15.3. The van der Waals surface area contributed by atoms with E-state index in [-0.39, 0.29) is 0 Å². The molecule has 0 atom stereocenters. The second-order valence-corrected chi connectivity index (χ2v) is 5.03. The fourth-order valence-corrected chi connectivity index (χ4v) is 1.31. The van der Waals surface area contributed by atoms with Gasteiger partial charge in [0.2, 0.25) is 0 Å². The van der Waals surface area contributed by atoms with Gasteiger partial charge in [0.15, 0.2) is 0 Å². The van der Waals surface area contributed by atoms with E-state index >= 15 is 0 Å². The highest BCUT2D eigenvalue weighted by molar-refractivity contribution is 5.52. The van der Waals surface area contributed by atoms with Gasteiger partial charge in [-0.2, -0.15) is 0 Å². The lowest BCUT2D eigenvalue weighted by molar-refractivity contribution is -0.868. The number of nitrogens with two attached hydrogens (primary N) is 1. The molecule has 3 nitrogen and oxygen atoms in total. The van der Waals surface area contributed by atoms with Crippen LogP contribution in [0, 0.1) is 0 Å². The number of likely N-dealkylation sites (N-methyl/N-ethyl adjacent to an activating group) is 2. The van der Waals surface area contributed by atoms with Crippen LogP contribution < -0.4 is 10.6 Å². The fraction of sp³-hybridized carbons (Fsp3) is 0.500. The third-order valence-electron chi connectivity index (χ3n) is 2.44. The topological polar surface area (TPSA) is 29.3 Å². The maximum absolute atomic E-state index is 5.65. The third-order valence-corrected chi connectivity index (χ3v) is 2.44. The van der Waals surface area contributed by atoms with Crippen molar-refractivity contribution < 1.29 is 4.48 Å². The van der Waals surface area contributed by atoms with Gasteiger partial charge in [-0.05, 0) is 24.3 Å². The first-order valence-electron chi connectivity index (χ1n) is 5.25. The van der Waals surface area contributed by atoms with E-state index < -0.39 is 0 Å². The number of quaternary nitrogens is 1. The van der Waals surface area contributed by atoms with Gasteiger partial charge in [0.05, 0.1) is 34.2 Å². The van der Waals surface area contributed by atoms with Crippen molar-refractivity contribution in [1.29, 1.82) is 0 Å². The zero-order valence-electron chi connectivity index (χ0n) is 10.2. The van der Waals surface area contributed by atoms with Crippen molar-refractivity contribution in [2.45, 2.75) is 0 Å². The Bertz CT molecular complexity index is 298. The molecule has 15 heavy (non-hydrogen) atoms. The van der Waals surface area contributed by atoms with E-state index in [1.807, 2.05) is 12.1 Å². The van der Waals surface area contributed by atoms with E-state index in [2.05, 4.69) is 45.2 Å². The maximum Gasteiger partial charge on any atom is 0.0958 e. The van der Waals surface area contributed by atoms with Gasteiger partial charge in [0.1, 0.15) is 0 Å². The van der Waals surface area contributed by atoms with Crippen LogP contribution in [0.2, 0.25) is 0 Å². The molecule has 0 bridgehead atoms. The van der Waals surface area contributed by atoms with Crippen LogP contribution in [0.15, 0.2) is 24.3 Å². The van der Waals surface area contributed by atoms with Crippen molar-refractivity contribution in [1.82, 2.24) is 0 Å². The first-order valence-corrected chi connectivity index (χ1v) is 5.25. The Morgan fingerprint density at radius 1 is 1.13 bits per heavy atom. The van der Waals surface area contributed by atoms with Gasteiger partial charge in [0.25, 0.3) is 0 Å². The van der Waals surface area contributed by atoms with Crippen LogP contribution in [-0.4, -0.2) is 45.8 Å². The molecule has 0 saturated heterocycles. The first-order chi connectivity index (χ1) is 6.88. The van der Waals surface area contributed by atoms with Crippen molar-refractivity contribution in [3.8, 4) is 0 Å². The Morgan fingerprint density at radius 3 is 2.13 bits per heavy atom. The van der Waals surface area contributed by atoms with Crippen LogP contribution in [0.25, 0.3) is 0 Å². The summed E-state index contributed by atoms with van der Waals surface area (Å²) in [4.78, 5) is 2.25. The largest absolute Gasteiger partial charge is 0.399 e. The molecule has 1 aromatic rings. The van der Waals surface area contributed by atoms with Crippen LogP contribution in [0.5, 0.6) is 0 Å². The van der Waals surface area contributed by atoms with E-state index in [1.165, 1.54) is 5.69 Å². The van der Waals surface area contributed by atoms with E-state index in [0.717, 1.165) is 23.3 Å². The van der Waals surface area contributed by atoms with Crippen molar-refractivity contribution in [2.75, 3.05) is 51.9 Å². The molecular formula is C12H22N3+. The lowest BCUT2D eigenvalue weighted by atomic mass is 10.2. The second-order valence-electron chi connectivity index (χ2n) is 5.03.